The van der Waals surface area contributed by atoms with Gasteiger partial charge in [0.1, 0.15) is 6.61 Å². The summed E-state index contributed by atoms with van der Waals surface area (Å²) >= 11 is 0. The Morgan fingerprint density at radius 1 is 0.912 bits per heavy atom. The second kappa shape index (κ2) is 12.5. The molecule has 1 aromatic rings. The summed E-state index contributed by atoms with van der Waals surface area (Å²) < 4.78 is 35.1. The molecule has 1 nitrogen and oxygen atoms in total. The van der Waals surface area contributed by atoms with Crippen LogP contribution < -0.4 is 4.74 Å². The predicted octanol–water partition coefficient (Wildman–Crippen LogP) is 9.22. The van der Waals surface area contributed by atoms with Crippen molar-refractivity contribution in [1.29, 1.82) is 0 Å². The Morgan fingerprint density at radius 3 is 2.44 bits per heavy atom. The van der Waals surface area contributed by atoms with Crippen molar-refractivity contribution in [2.24, 2.45) is 29.6 Å². The Kier molecular flexibility index (Phi) is 9.48. The highest BCUT2D eigenvalue weighted by Crippen LogP contribution is 2.49. The van der Waals surface area contributed by atoms with Gasteiger partial charge in [-0.05, 0) is 105 Å². The van der Waals surface area contributed by atoms with Crippen molar-refractivity contribution in [3.8, 4) is 5.75 Å². The van der Waals surface area contributed by atoms with E-state index in [0.29, 0.717) is 11.5 Å². The Bertz CT molecular complexity index is 816. The Labute approximate surface area is 206 Å². The fraction of sp³-hybridized carbons (Fsp3) is 0.742. The van der Waals surface area contributed by atoms with Gasteiger partial charge in [-0.1, -0.05) is 64.0 Å². The van der Waals surface area contributed by atoms with Crippen molar-refractivity contribution in [1.82, 2.24) is 0 Å². The van der Waals surface area contributed by atoms with Crippen LogP contribution in [0.1, 0.15) is 108 Å². The van der Waals surface area contributed by atoms with Crippen molar-refractivity contribution in [2.75, 3.05) is 6.61 Å². The third-order valence-electron chi connectivity index (χ3n) is 9.32. The molecule has 0 bridgehead atoms. The molecule has 2 saturated carbocycles. The summed E-state index contributed by atoms with van der Waals surface area (Å²) in [6, 6.07) is 1.56. The molecule has 0 aliphatic heterocycles. The zero-order chi connectivity index (χ0) is 23.9. The standard InChI is InChI=1S/C31H46F2O/c1-3-5-7-8-9-10-22-11-12-24-19-25(14-13-23(24)18-22)26-15-16-28-27(20-26)21-29(32)31(30(28)33)34-17-6-4-2/h4,6,21-26H,3,5,7-20H2,1-2H3/b6-4+. The summed E-state index contributed by atoms with van der Waals surface area (Å²) in [5.74, 6) is 2.91. The summed E-state index contributed by atoms with van der Waals surface area (Å²) in [7, 11) is 0. The van der Waals surface area contributed by atoms with E-state index in [1.807, 2.05) is 13.0 Å². The van der Waals surface area contributed by atoms with Crippen LogP contribution in [-0.2, 0) is 12.8 Å². The fourth-order valence-corrected chi connectivity index (χ4v) is 7.37. The maximum Gasteiger partial charge on any atom is 0.191 e. The van der Waals surface area contributed by atoms with Gasteiger partial charge >= 0.3 is 0 Å². The first-order valence-corrected chi connectivity index (χ1v) is 14.3. The zero-order valence-electron chi connectivity index (χ0n) is 21.6. The molecule has 3 aliphatic carbocycles. The summed E-state index contributed by atoms with van der Waals surface area (Å²) in [4.78, 5) is 0. The van der Waals surface area contributed by atoms with Crippen LogP contribution in [-0.4, -0.2) is 6.61 Å². The highest BCUT2D eigenvalue weighted by molar-refractivity contribution is 5.41. The molecular weight excluding hydrogens is 426 g/mol. The largest absolute Gasteiger partial charge is 0.483 e. The van der Waals surface area contributed by atoms with Gasteiger partial charge in [-0.25, -0.2) is 8.78 Å². The van der Waals surface area contributed by atoms with Gasteiger partial charge in [-0.2, -0.15) is 0 Å². The van der Waals surface area contributed by atoms with E-state index >= 15 is 4.39 Å². The van der Waals surface area contributed by atoms with Crippen LogP contribution in [0.4, 0.5) is 8.78 Å². The maximum atomic E-state index is 15.0. The smallest absolute Gasteiger partial charge is 0.191 e. The first kappa shape index (κ1) is 25.7. The van der Waals surface area contributed by atoms with E-state index in [1.165, 1.54) is 77.0 Å². The molecule has 0 radical (unpaired) electrons. The quantitative estimate of drug-likeness (QED) is 0.243. The zero-order valence-corrected chi connectivity index (χ0v) is 21.6. The normalized spacial score (nSPS) is 29.1. The average Bonchev–Trinajstić information content (AvgIpc) is 2.85. The predicted molar refractivity (Wildman–Crippen MR) is 137 cm³/mol. The lowest BCUT2D eigenvalue weighted by atomic mass is 9.61. The molecule has 4 rings (SSSR count). The van der Waals surface area contributed by atoms with Crippen molar-refractivity contribution in [2.45, 2.75) is 110 Å². The fourth-order valence-electron chi connectivity index (χ4n) is 7.37. The number of benzene rings is 1. The summed E-state index contributed by atoms with van der Waals surface area (Å²) in [6.07, 6.45) is 23.0. The second-order valence-corrected chi connectivity index (χ2v) is 11.5. The molecule has 0 N–H and O–H groups in total. The van der Waals surface area contributed by atoms with E-state index in [2.05, 4.69) is 6.92 Å². The Morgan fingerprint density at radius 2 is 1.65 bits per heavy atom. The summed E-state index contributed by atoms with van der Waals surface area (Å²) in [5, 5.41) is 0. The first-order chi connectivity index (χ1) is 16.6. The van der Waals surface area contributed by atoms with Gasteiger partial charge in [0, 0.05) is 0 Å². The van der Waals surface area contributed by atoms with Gasteiger partial charge < -0.3 is 4.74 Å². The Balaban J connectivity index is 1.29. The van der Waals surface area contributed by atoms with Crippen LogP contribution >= 0.6 is 0 Å². The highest BCUT2D eigenvalue weighted by Gasteiger charge is 2.39. The molecule has 34 heavy (non-hydrogen) atoms. The van der Waals surface area contributed by atoms with Gasteiger partial charge in [0.15, 0.2) is 17.4 Å². The summed E-state index contributed by atoms with van der Waals surface area (Å²) in [5.41, 5.74) is 1.58. The number of fused-ring (bicyclic) bond motifs is 2. The number of hydrogen-bond donors (Lipinski definition) is 0. The van der Waals surface area contributed by atoms with E-state index in [-0.39, 0.29) is 12.4 Å². The van der Waals surface area contributed by atoms with Crippen LogP contribution in [0.2, 0.25) is 0 Å². The number of halogens is 2. The molecule has 5 unspecified atom stereocenters. The number of rotatable bonds is 10. The molecule has 3 aliphatic rings. The van der Waals surface area contributed by atoms with E-state index in [0.717, 1.165) is 48.5 Å². The van der Waals surface area contributed by atoms with Crippen molar-refractivity contribution in [3.63, 3.8) is 0 Å². The average molecular weight is 473 g/mol. The lowest BCUT2D eigenvalue weighted by molar-refractivity contribution is 0.0688. The van der Waals surface area contributed by atoms with Gasteiger partial charge in [-0.3, -0.25) is 0 Å². The topological polar surface area (TPSA) is 9.23 Å². The minimum atomic E-state index is -0.543. The number of hydrogen-bond acceptors (Lipinski definition) is 1. The maximum absolute atomic E-state index is 15.0. The SMILES string of the molecule is C/C=C/COc1c(F)cc2c(c1F)CCC(C1CCC3CC(CCCCCCC)CCC3C1)C2. The molecule has 1 aromatic carbocycles. The highest BCUT2D eigenvalue weighted by atomic mass is 19.1. The van der Waals surface area contributed by atoms with Gasteiger partial charge in [-0.15, -0.1) is 0 Å². The van der Waals surface area contributed by atoms with Crippen LogP contribution in [0.15, 0.2) is 18.2 Å². The van der Waals surface area contributed by atoms with Gasteiger partial charge in [0.05, 0.1) is 0 Å². The lowest BCUT2D eigenvalue weighted by Gasteiger charge is -2.45. The molecule has 5 atom stereocenters. The summed E-state index contributed by atoms with van der Waals surface area (Å²) in [6.45, 7) is 4.37. The minimum absolute atomic E-state index is 0.196. The molecule has 2 fully saturated rings. The third kappa shape index (κ3) is 6.24. The van der Waals surface area contributed by atoms with E-state index in [4.69, 9.17) is 4.74 Å². The second-order valence-electron chi connectivity index (χ2n) is 11.5. The number of allylic oxidation sites excluding steroid dienone is 1. The van der Waals surface area contributed by atoms with Crippen LogP contribution in [0.25, 0.3) is 0 Å². The monoisotopic (exact) mass is 472 g/mol. The van der Waals surface area contributed by atoms with E-state index < -0.39 is 11.6 Å². The number of ether oxygens (including phenoxy) is 1. The molecule has 3 heteroatoms. The molecule has 0 heterocycles. The van der Waals surface area contributed by atoms with Gasteiger partial charge in [0.25, 0.3) is 0 Å². The minimum Gasteiger partial charge on any atom is -0.483 e. The third-order valence-corrected chi connectivity index (χ3v) is 9.32. The number of unbranched alkanes of at least 4 members (excludes halogenated alkanes) is 4. The Hall–Kier alpha value is -1.38. The molecular formula is C31H46F2O. The first-order valence-electron chi connectivity index (χ1n) is 14.3. The van der Waals surface area contributed by atoms with Crippen molar-refractivity contribution in [3.05, 3.63) is 41.0 Å². The van der Waals surface area contributed by atoms with Crippen molar-refractivity contribution < 1.29 is 13.5 Å². The molecule has 190 valence electrons. The van der Waals surface area contributed by atoms with Crippen LogP contribution in [0.3, 0.4) is 0 Å². The molecule has 0 saturated heterocycles. The molecule has 0 spiro atoms. The van der Waals surface area contributed by atoms with E-state index in [9.17, 15) is 4.39 Å². The van der Waals surface area contributed by atoms with Crippen LogP contribution in [0, 0.1) is 41.2 Å². The van der Waals surface area contributed by atoms with Crippen molar-refractivity contribution >= 4 is 0 Å². The lowest BCUT2D eigenvalue weighted by Crippen LogP contribution is -2.35. The molecule has 0 amide bonds. The van der Waals surface area contributed by atoms with Crippen LogP contribution in [0.5, 0.6) is 5.75 Å². The molecule has 0 aromatic heterocycles. The van der Waals surface area contributed by atoms with Gasteiger partial charge in [0.2, 0.25) is 0 Å². The van der Waals surface area contributed by atoms with E-state index in [1.54, 1.807) is 12.1 Å².